The Labute approximate surface area is 125 Å². The fraction of sp³-hybridized carbons (Fsp3) is 0.333. The summed E-state index contributed by atoms with van der Waals surface area (Å²) in [5, 5.41) is 0. The van der Waals surface area contributed by atoms with Crippen LogP contribution in [0.25, 0.3) is 0 Å². The van der Waals surface area contributed by atoms with E-state index in [2.05, 4.69) is 4.06 Å². The van der Waals surface area contributed by atoms with Crippen molar-refractivity contribution in [3.05, 3.63) is 30.3 Å². The van der Waals surface area contributed by atoms with Gasteiger partial charge in [-0.25, -0.2) is 0 Å². The van der Waals surface area contributed by atoms with Gasteiger partial charge in [-0.15, -0.1) is 0 Å². The molecule has 0 heterocycles. The van der Waals surface area contributed by atoms with E-state index in [0.717, 1.165) is 0 Å². The van der Waals surface area contributed by atoms with Crippen molar-refractivity contribution in [2.24, 2.45) is 0 Å². The summed E-state index contributed by atoms with van der Waals surface area (Å²) < 4.78 is 8.28. The molecule has 0 spiro atoms. The van der Waals surface area contributed by atoms with Gasteiger partial charge in [-0.2, -0.15) is 0 Å². The van der Waals surface area contributed by atoms with Crippen molar-refractivity contribution in [2.45, 2.75) is 19.6 Å². The summed E-state index contributed by atoms with van der Waals surface area (Å²) in [6.45, 7) is -1.50. The van der Waals surface area contributed by atoms with Gasteiger partial charge >= 0.3 is 127 Å². The molecule has 0 unspecified atom stereocenters. The van der Waals surface area contributed by atoms with Crippen LogP contribution in [0.4, 0.5) is 5.69 Å². The van der Waals surface area contributed by atoms with Crippen LogP contribution < -0.4 is 4.06 Å². The van der Waals surface area contributed by atoms with Crippen molar-refractivity contribution in [3.63, 3.8) is 0 Å². The van der Waals surface area contributed by atoms with E-state index in [-0.39, 0.29) is 0 Å². The molecule has 0 atom stereocenters. The maximum absolute atomic E-state index is 7.01. The molecule has 0 aliphatic heterocycles. The molecular weight excluding hydrogens is 409 g/mol. The van der Waals surface area contributed by atoms with Crippen LogP contribution in [0.3, 0.4) is 0 Å². The molecule has 0 bridgehead atoms. The number of para-hydroxylation sites is 1. The first-order valence-corrected chi connectivity index (χ1v) is 31.4. The Bertz CT molecular complexity index is 473. The summed E-state index contributed by atoms with van der Waals surface area (Å²) in [6.07, 6.45) is 0. The first-order chi connectivity index (χ1) is 7.50. The van der Waals surface area contributed by atoms with Gasteiger partial charge in [-0.05, 0) is 0 Å². The molecule has 103 valence electrons. The summed E-state index contributed by atoms with van der Waals surface area (Å²) in [7, 11) is 29.1. The number of anilines is 1. The summed E-state index contributed by atoms with van der Waals surface area (Å²) in [4.78, 5) is 0. The van der Waals surface area contributed by atoms with Crippen LogP contribution in [0.1, 0.15) is 0 Å². The van der Waals surface area contributed by atoms with Crippen LogP contribution in [-0.2, 0) is 10.1 Å². The number of halogens is 5. The predicted molar refractivity (Wildman–Crippen MR) is 83.8 cm³/mol. The predicted octanol–water partition coefficient (Wildman–Crippen LogP) is 6.31. The van der Waals surface area contributed by atoms with Crippen LogP contribution >= 0.6 is 48.5 Å². The summed E-state index contributed by atoms with van der Waals surface area (Å²) in [5.41, 5.74) is 0.491. The minimum absolute atomic E-state index is 0.491. The van der Waals surface area contributed by atoms with Crippen LogP contribution in [-0.4, -0.2) is 8.32 Å². The molecule has 1 rings (SSSR count). The zero-order chi connectivity index (χ0) is 14.4. The first-order valence-electron chi connectivity index (χ1n) is 5.84. The maximum atomic E-state index is 6.28. The molecule has 0 aromatic heterocycles. The van der Waals surface area contributed by atoms with Gasteiger partial charge in [0.25, 0.3) is 0 Å². The Morgan fingerprint density at radius 1 is 0.944 bits per heavy atom. The van der Waals surface area contributed by atoms with E-state index in [9.17, 15) is 0 Å². The SMILES string of the molecule is C[Si](C)(C)[O][Zn]([Cl])([Cl])([Cl])([Cl])([Cl])[NH]c1ccccc1. The Kier molecular flexibility index (Phi) is 3.58. The third kappa shape index (κ3) is 6.62. The van der Waals surface area contributed by atoms with Crippen molar-refractivity contribution in [1.29, 1.82) is 0 Å². The summed E-state index contributed by atoms with van der Waals surface area (Å²) in [6, 6.07) is 8.75. The Morgan fingerprint density at radius 3 is 1.78 bits per heavy atom. The van der Waals surface area contributed by atoms with Gasteiger partial charge in [0.05, 0.1) is 0 Å². The normalized spacial score (nSPS) is 19.2. The number of nitrogens with one attached hydrogen (secondary N) is 1. The molecule has 0 aliphatic rings. The van der Waals surface area contributed by atoms with Crippen molar-refractivity contribution in [3.8, 4) is 0 Å². The Morgan fingerprint density at radius 2 is 1.39 bits per heavy atom. The van der Waals surface area contributed by atoms with Crippen molar-refractivity contribution < 1.29 is 10.1 Å². The van der Waals surface area contributed by atoms with Gasteiger partial charge in [-0.1, -0.05) is 0 Å². The molecule has 0 amide bonds. The van der Waals surface area contributed by atoms with E-state index in [1.807, 2.05) is 25.7 Å². The topological polar surface area (TPSA) is 21.3 Å². The van der Waals surface area contributed by atoms with Gasteiger partial charge < -0.3 is 0 Å². The van der Waals surface area contributed by atoms with Gasteiger partial charge in [-0.3, -0.25) is 0 Å². The number of benzene rings is 1. The second-order valence-corrected chi connectivity index (χ2v) is 77.8. The molecular formula is C9H15Cl5NOSiZn. The molecule has 0 radical (unpaired) electrons. The number of hydrogen-bond acceptors (Lipinski definition) is 2. The standard InChI is InChI=1S/C6H6N.C3H9OSi.5ClH.Zn/c7-6-4-2-1-3-5-6;1-5(2,3)4;;;;;;/h1-5,7H;1-3H3;5*1H;/q2*-1;;;;;;+7/p-5. The van der Waals surface area contributed by atoms with E-state index in [1.54, 1.807) is 24.3 Å². The van der Waals surface area contributed by atoms with E-state index < -0.39 is 15.2 Å². The van der Waals surface area contributed by atoms with Crippen LogP contribution in [0.5, 0.6) is 0 Å². The van der Waals surface area contributed by atoms with E-state index in [0.29, 0.717) is 5.69 Å². The monoisotopic (exact) mass is 420 g/mol. The van der Waals surface area contributed by atoms with Crippen molar-refractivity contribution in [1.82, 2.24) is 0 Å². The Hall–Kier alpha value is 1.27. The van der Waals surface area contributed by atoms with E-state index in [1.165, 1.54) is 0 Å². The molecule has 1 aromatic carbocycles. The zero-order valence-electron chi connectivity index (χ0n) is 10.4. The van der Waals surface area contributed by atoms with Crippen LogP contribution in [0.2, 0.25) is 19.6 Å². The Balaban J connectivity index is 3.28. The molecule has 18 heavy (non-hydrogen) atoms. The molecule has 9 heteroatoms. The minimum atomic E-state index is -7.01. The summed E-state index contributed by atoms with van der Waals surface area (Å²) in [5.74, 6) is 0. The molecule has 1 N–H and O–H groups in total. The fourth-order valence-corrected chi connectivity index (χ4v) is 49.7. The molecule has 0 saturated heterocycles. The molecule has 0 fully saturated rings. The van der Waals surface area contributed by atoms with Gasteiger partial charge in [0.1, 0.15) is 0 Å². The van der Waals surface area contributed by atoms with E-state index in [4.69, 9.17) is 51.7 Å². The second-order valence-electron chi connectivity index (χ2n) is 6.17. The molecule has 1 aromatic rings. The fourth-order valence-electron chi connectivity index (χ4n) is 2.10. The quantitative estimate of drug-likeness (QED) is 0.573. The first kappa shape index (κ1) is 17.3. The van der Waals surface area contributed by atoms with Gasteiger partial charge in [0.2, 0.25) is 0 Å². The van der Waals surface area contributed by atoms with Gasteiger partial charge in [0.15, 0.2) is 0 Å². The van der Waals surface area contributed by atoms with Crippen molar-refractivity contribution in [2.75, 3.05) is 4.06 Å². The molecule has 0 aliphatic carbocycles. The van der Waals surface area contributed by atoms with Crippen molar-refractivity contribution >= 4 is 62.5 Å². The summed E-state index contributed by atoms with van der Waals surface area (Å²) >= 11 is 0. The molecule has 0 saturated carbocycles. The van der Waals surface area contributed by atoms with Crippen LogP contribution in [0, 0.1) is 0 Å². The second kappa shape index (κ2) is 3.72. The average Bonchev–Trinajstić information content (AvgIpc) is 1.95. The van der Waals surface area contributed by atoms with Crippen LogP contribution in [0.15, 0.2) is 30.3 Å². The number of hydrogen-bond donors (Lipinski definition) is 1. The average molecular weight is 424 g/mol. The molecule has 2 nitrogen and oxygen atoms in total. The third-order valence-corrected chi connectivity index (χ3v) is 28.0. The number of rotatable bonds is 4. The van der Waals surface area contributed by atoms with Gasteiger partial charge in [0, 0.05) is 0 Å². The van der Waals surface area contributed by atoms with E-state index >= 15 is 0 Å². The third-order valence-electron chi connectivity index (χ3n) is 2.16. The zero-order valence-corrected chi connectivity index (χ0v) is 18.1.